The van der Waals surface area contributed by atoms with Crippen LogP contribution in [0.4, 0.5) is 0 Å². The first-order valence-corrected chi connectivity index (χ1v) is 8.13. The zero-order chi connectivity index (χ0) is 14.0. The van der Waals surface area contributed by atoms with Crippen molar-refractivity contribution in [2.45, 2.75) is 43.5 Å². The SMILES string of the molecule is Cc1c(S(=O)(=O)N2CCCCC2CCN)cnn1C.Cl. The Bertz CT molecular complexity index is 542. The predicted molar refractivity (Wildman–Crippen MR) is 80.4 cm³/mol. The molecule has 20 heavy (non-hydrogen) atoms. The van der Waals surface area contributed by atoms with Crippen LogP contribution in [-0.2, 0) is 17.1 Å². The molecule has 0 radical (unpaired) electrons. The first-order valence-electron chi connectivity index (χ1n) is 6.69. The maximum Gasteiger partial charge on any atom is 0.246 e. The van der Waals surface area contributed by atoms with Crippen LogP contribution in [0.15, 0.2) is 11.1 Å². The van der Waals surface area contributed by atoms with Gasteiger partial charge in [0.2, 0.25) is 10.0 Å². The third-order valence-corrected chi connectivity index (χ3v) is 5.90. The lowest BCUT2D eigenvalue weighted by Gasteiger charge is -2.34. The minimum absolute atomic E-state index is 0. The van der Waals surface area contributed by atoms with Gasteiger partial charge in [0.05, 0.1) is 11.9 Å². The normalized spacial score (nSPS) is 20.6. The molecule has 0 aliphatic carbocycles. The highest BCUT2D eigenvalue weighted by molar-refractivity contribution is 7.89. The number of hydrogen-bond acceptors (Lipinski definition) is 4. The van der Waals surface area contributed by atoms with E-state index in [0.29, 0.717) is 23.7 Å². The third-order valence-electron chi connectivity index (χ3n) is 3.85. The number of aromatic nitrogens is 2. The van der Waals surface area contributed by atoms with Crippen molar-refractivity contribution in [2.24, 2.45) is 12.8 Å². The van der Waals surface area contributed by atoms with Crippen molar-refractivity contribution in [1.82, 2.24) is 14.1 Å². The van der Waals surface area contributed by atoms with Gasteiger partial charge < -0.3 is 5.73 Å². The monoisotopic (exact) mass is 322 g/mol. The Balaban J connectivity index is 0.00000200. The average Bonchev–Trinajstić information content (AvgIpc) is 2.71. The third kappa shape index (κ3) is 3.16. The number of nitrogens with zero attached hydrogens (tertiary/aromatic N) is 3. The molecule has 1 aliphatic heterocycles. The fourth-order valence-corrected chi connectivity index (χ4v) is 4.54. The van der Waals surface area contributed by atoms with E-state index in [9.17, 15) is 8.42 Å². The second-order valence-corrected chi connectivity index (χ2v) is 6.92. The van der Waals surface area contributed by atoms with E-state index < -0.39 is 10.0 Å². The topological polar surface area (TPSA) is 81.2 Å². The molecular formula is C12H23ClN4O2S. The van der Waals surface area contributed by atoms with Crippen LogP contribution in [0.25, 0.3) is 0 Å². The van der Waals surface area contributed by atoms with Gasteiger partial charge in [-0.05, 0) is 32.7 Å². The van der Waals surface area contributed by atoms with Crippen molar-refractivity contribution >= 4 is 22.4 Å². The number of hydrogen-bond donors (Lipinski definition) is 1. The summed E-state index contributed by atoms with van der Waals surface area (Å²) in [7, 11) is -1.70. The molecule has 0 spiro atoms. The predicted octanol–water partition coefficient (Wildman–Crippen LogP) is 1.04. The van der Waals surface area contributed by atoms with E-state index in [4.69, 9.17) is 5.73 Å². The van der Waals surface area contributed by atoms with Crippen molar-refractivity contribution < 1.29 is 8.42 Å². The van der Waals surface area contributed by atoms with Gasteiger partial charge in [0.1, 0.15) is 4.90 Å². The first-order chi connectivity index (χ1) is 8.98. The fraction of sp³-hybridized carbons (Fsp3) is 0.750. The van der Waals surface area contributed by atoms with E-state index in [1.54, 1.807) is 23.0 Å². The summed E-state index contributed by atoms with van der Waals surface area (Å²) in [5.41, 5.74) is 6.28. The van der Waals surface area contributed by atoms with Gasteiger partial charge >= 0.3 is 0 Å². The lowest BCUT2D eigenvalue weighted by molar-refractivity contribution is 0.243. The molecule has 1 atom stereocenters. The summed E-state index contributed by atoms with van der Waals surface area (Å²) in [4.78, 5) is 0.318. The van der Waals surface area contributed by atoms with Gasteiger partial charge in [0.15, 0.2) is 0 Å². The lowest BCUT2D eigenvalue weighted by atomic mass is 10.0. The van der Waals surface area contributed by atoms with Crippen molar-refractivity contribution in [1.29, 1.82) is 0 Å². The van der Waals surface area contributed by atoms with Gasteiger partial charge in [-0.3, -0.25) is 4.68 Å². The van der Waals surface area contributed by atoms with Crippen LogP contribution in [0.2, 0.25) is 0 Å². The van der Waals surface area contributed by atoms with Gasteiger partial charge in [-0.25, -0.2) is 8.42 Å². The summed E-state index contributed by atoms with van der Waals surface area (Å²) >= 11 is 0. The first kappa shape index (κ1) is 17.4. The Morgan fingerprint density at radius 2 is 2.15 bits per heavy atom. The number of rotatable bonds is 4. The Labute approximate surface area is 126 Å². The summed E-state index contributed by atoms with van der Waals surface area (Å²) in [6.07, 6.45) is 5.05. The molecule has 2 rings (SSSR count). The molecule has 1 aromatic heterocycles. The molecule has 0 saturated carbocycles. The average molecular weight is 323 g/mol. The molecule has 1 saturated heterocycles. The molecule has 2 heterocycles. The summed E-state index contributed by atoms with van der Waals surface area (Å²) in [5, 5.41) is 4.03. The molecule has 1 aromatic rings. The number of halogens is 1. The van der Waals surface area contributed by atoms with Crippen molar-refractivity contribution in [3.05, 3.63) is 11.9 Å². The zero-order valence-electron chi connectivity index (χ0n) is 11.9. The van der Waals surface area contributed by atoms with E-state index in [-0.39, 0.29) is 18.4 Å². The molecular weight excluding hydrogens is 300 g/mol. The Kier molecular flexibility index (Phi) is 6.00. The number of sulfonamides is 1. The Hall–Kier alpha value is -0.630. The van der Waals surface area contributed by atoms with Crippen LogP contribution < -0.4 is 5.73 Å². The molecule has 1 unspecified atom stereocenters. The van der Waals surface area contributed by atoms with E-state index in [0.717, 1.165) is 25.7 Å². The van der Waals surface area contributed by atoms with Crippen molar-refractivity contribution in [3.8, 4) is 0 Å². The second kappa shape index (κ2) is 6.89. The smallest absolute Gasteiger partial charge is 0.246 e. The van der Waals surface area contributed by atoms with Crippen LogP contribution in [0.3, 0.4) is 0 Å². The van der Waals surface area contributed by atoms with Gasteiger partial charge in [-0.2, -0.15) is 9.40 Å². The van der Waals surface area contributed by atoms with Crippen LogP contribution in [-0.4, -0.2) is 41.6 Å². The Morgan fingerprint density at radius 1 is 1.45 bits per heavy atom. The van der Waals surface area contributed by atoms with E-state index in [1.165, 1.54) is 6.20 Å². The quantitative estimate of drug-likeness (QED) is 0.898. The minimum atomic E-state index is -3.45. The van der Waals surface area contributed by atoms with Crippen LogP contribution in [0.5, 0.6) is 0 Å². The maximum atomic E-state index is 12.7. The molecule has 1 aliphatic rings. The highest BCUT2D eigenvalue weighted by atomic mass is 35.5. The zero-order valence-corrected chi connectivity index (χ0v) is 13.6. The fourth-order valence-electron chi connectivity index (χ4n) is 2.63. The van der Waals surface area contributed by atoms with Crippen LogP contribution >= 0.6 is 12.4 Å². The molecule has 0 amide bonds. The molecule has 2 N–H and O–H groups in total. The number of nitrogens with two attached hydrogens (primary N) is 1. The van der Waals surface area contributed by atoms with Gasteiger partial charge in [0.25, 0.3) is 0 Å². The lowest BCUT2D eigenvalue weighted by Crippen LogP contribution is -2.44. The summed E-state index contributed by atoms with van der Waals surface area (Å²) in [5.74, 6) is 0. The van der Waals surface area contributed by atoms with Gasteiger partial charge in [-0.1, -0.05) is 6.42 Å². The van der Waals surface area contributed by atoms with Crippen molar-refractivity contribution in [3.63, 3.8) is 0 Å². The number of aryl methyl sites for hydroxylation is 1. The van der Waals surface area contributed by atoms with Crippen molar-refractivity contribution in [2.75, 3.05) is 13.1 Å². The maximum absolute atomic E-state index is 12.7. The largest absolute Gasteiger partial charge is 0.330 e. The molecule has 8 heteroatoms. The summed E-state index contributed by atoms with van der Waals surface area (Å²) in [6, 6.07) is 0.0309. The summed E-state index contributed by atoms with van der Waals surface area (Å²) < 4.78 is 28.7. The number of piperidine rings is 1. The highest BCUT2D eigenvalue weighted by Crippen LogP contribution is 2.27. The van der Waals surface area contributed by atoms with Crippen LogP contribution in [0.1, 0.15) is 31.4 Å². The van der Waals surface area contributed by atoms with E-state index in [2.05, 4.69) is 5.10 Å². The molecule has 1 fully saturated rings. The second-order valence-electron chi connectivity index (χ2n) is 5.06. The van der Waals surface area contributed by atoms with Gasteiger partial charge in [0, 0.05) is 19.6 Å². The Morgan fingerprint density at radius 3 is 2.70 bits per heavy atom. The molecule has 0 aromatic carbocycles. The molecule has 116 valence electrons. The van der Waals surface area contributed by atoms with Gasteiger partial charge in [-0.15, -0.1) is 12.4 Å². The van der Waals surface area contributed by atoms with E-state index >= 15 is 0 Å². The molecule has 6 nitrogen and oxygen atoms in total. The molecule has 0 bridgehead atoms. The van der Waals surface area contributed by atoms with E-state index in [1.807, 2.05) is 0 Å². The minimum Gasteiger partial charge on any atom is -0.330 e. The summed E-state index contributed by atoms with van der Waals surface area (Å²) in [6.45, 7) is 2.88. The standard InChI is InChI=1S/C12H22N4O2S.ClH/c1-10-12(9-14-15(10)2)19(17,18)16-8-4-3-5-11(16)6-7-13;/h9,11H,3-8,13H2,1-2H3;1H. The highest BCUT2D eigenvalue weighted by Gasteiger charge is 2.34. The van der Waals surface area contributed by atoms with Crippen LogP contribution in [0, 0.1) is 6.92 Å².